The number of terminal acetylenes is 1. The van der Waals surface area contributed by atoms with Crippen LogP contribution in [0, 0.1) is 12.3 Å². The Hall–Kier alpha value is -2.26. The second kappa shape index (κ2) is 8.77. The van der Waals surface area contributed by atoms with Gasteiger partial charge in [-0.2, -0.15) is 5.10 Å². The zero-order valence-electron chi connectivity index (χ0n) is 11.5. The van der Waals surface area contributed by atoms with E-state index in [0.29, 0.717) is 23.2 Å². The fourth-order valence-corrected chi connectivity index (χ4v) is 1.39. The van der Waals surface area contributed by atoms with Crippen LogP contribution in [0.1, 0.15) is 12.5 Å². The zero-order valence-corrected chi connectivity index (χ0v) is 12.3. The van der Waals surface area contributed by atoms with Crippen LogP contribution in [0.15, 0.2) is 23.3 Å². The summed E-state index contributed by atoms with van der Waals surface area (Å²) in [5.41, 5.74) is 3.53. The molecule has 0 atom stereocenters. The summed E-state index contributed by atoms with van der Waals surface area (Å²) >= 11 is 4.91. The van der Waals surface area contributed by atoms with Crippen molar-refractivity contribution in [1.29, 1.82) is 0 Å². The van der Waals surface area contributed by atoms with E-state index in [4.69, 9.17) is 28.1 Å². The lowest BCUT2D eigenvalue weighted by Gasteiger charge is -2.10. The minimum atomic E-state index is 0.200. The molecule has 0 fully saturated rings. The predicted octanol–water partition coefficient (Wildman–Crippen LogP) is 1.53. The van der Waals surface area contributed by atoms with E-state index in [2.05, 4.69) is 21.8 Å². The summed E-state index contributed by atoms with van der Waals surface area (Å²) in [4.78, 5) is 0. The van der Waals surface area contributed by atoms with Crippen LogP contribution in [0.3, 0.4) is 0 Å². The molecule has 1 aromatic rings. The molecule has 0 saturated heterocycles. The number of hydrazone groups is 1. The molecule has 5 nitrogen and oxygen atoms in total. The van der Waals surface area contributed by atoms with Crippen LogP contribution in [0.4, 0.5) is 0 Å². The fourth-order valence-electron chi connectivity index (χ4n) is 1.33. The Kier molecular flexibility index (Phi) is 6.93. The van der Waals surface area contributed by atoms with Gasteiger partial charge in [-0.25, -0.2) is 0 Å². The lowest BCUT2D eigenvalue weighted by molar-refractivity contribution is 0.299. The maximum absolute atomic E-state index is 5.51. The molecule has 0 aliphatic rings. The van der Waals surface area contributed by atoms with Crippen molar-refractivity contribution >= 4 is 23.5 Å². The van der Waals surface area contributed by atoms with Gasteiger partial charge in [0.15, 0.2) is 16.6 Å². The summed E-state index contributed by atoms with van der Waals surface area (Å²) in [5, 5.41) is 7.20. The van der Waals surface area contributed by atoms with Crippen molar-refractivity contribution in [3.05, 3.63) is 23.8 Å². The number of hydrogen-bond donors (Lipinski definition) is 2. The zero-order chi connectivity index (χ0) is 14.8. The number of rotatable bonds is 6. The molecule has 0 saturated carbocycles. The van der Waals surface area contributed by atoms with Crippen molar-refractivity contribution in [2.75, 3.05) is 20.3 Å². The van der Waals surface area contributed by atoms with Crippen LogP contribution in [-0.2, 0) is 0 Å². The van der Waals surface area contributed by atoms with Crippen molar-refractivity contribution < 1.29 is 9.47 Å². The largest absolute Gasteiger partial charge is 0.490 e. The van der Waals surface area contributed by atoms with Gasteiger partial charge in [0, 0.05) is 7.05 Å². The summed E-state index contributed by atoms with van der Waals surface area (Å²) in [7, 11) is 1.72. The number of benzene rings is 1. The van der Waals surface area contributed by atoms with Crippen LogP contribution in [0.5, 0.6) is 11.5 Å². The van der Waals surface area contributed by atoms with Gasteiger partial charge >= 0.3 is 0 Å². The Bertz CT molecular complexity index is 524. The Labute approximate surface area is 124 Å². The standard InChI is InChI=1S/C14H17N3O2S/c1-4-8-19-12-7-6-11(9-13(12)18-5-2)10-16-17-14(20)15-3/h1,6-7,9-10H,5,8H2,2-3H3,(H2,15,17,20)/b16-10-. The molecule has 0 bridgehead atoms. The molecular weight excluding hydrogens is 274 g/mol. The van der Waals surface area contributed by atoms with Gasteiger partial charge in [0.1, 0.15) is 6.61 Å². The normalized spacial score (nSPS) is 9.85. The number of ether oxygens (including phenoxy) is 2. The molecule has 1 aromatic carbocycles. The lowest BCUT2D eigenvalue weighted by Crippen LogP contribution is -2.28. The molecule has 20 heavy (non-hydrogen) atoms. The summed E-state index contributed by atoms with van der Waals surface area (Å²) in [6, 6.07) is 5.46. The molecule has 0 heterocycles. The van der Waals surface area contributed by atoms with Crippen LogP contribution < -0.4 is 20.2 Å². The first-order chi connectivity index (χ1) is 9.71. The number of nitrogens with zero attached hydrogens (tertiary/aromatic N) is 1. The molecule has 0 spiro atoms. The van der Waals surface area contributed by atoms with E-state index in [9.17, 15) is 0 Å². The van der Waals surface area contributed by atoms with Crippen LogP contribution in [0.2, 0.25) is 0 Å². The SMILES string of the molecule is C#CCOc1ccc(/C=N\NC(=S)NC)cc1OCC. The van der Waals surface area contributed by atoms with Crippen molar-refractivity contribution in [1.82, 2.24) is 10.7 Å². The smallest absolute Gasteiger partial charge is 0.186 e. The summed E-state index contributed by atoms with van der Waals surface area (Å²) in [5.74, 6) is 3.66. The molecule has 2 N–H and O–H groups in total. The molecule has 1 rings (SSSR count). The van der Waals surface area contributed by atoms with E-state index in [-0.39, 0.29) is 6.61 Å². The van der Waals surface area contributed by atoms with E-state index in [0.717, 1.165) is 5.56 Å². The molecule has 0 aliphatic heterocycles. The van der Waals surface area contributed by atoms with Crippen LogP contribution >= 0.6 is 12.2 Å². The molecule has 6 heteroatoms. The number of hydrogen-bond acceptors (Lipinski definition) is 4. The number of nitrogens with one attached hydrogen (secondary N) is 2. The van der Waals surface area contributed by atoms with Gasteiger partial charge in [0.2, 0.25) is 0 Å². The summed E-state index contributed by atoms with van der Waals surface area (Å²) < 4.78 is 10.9. The van der Waals surface area contributed by atoms with Gasteiger partial charge in [-0.05, 0) is 42.9 Å². The highest BCUT2D eigenvalue weighted by Gasteiger charge is 2.05. The maximum Gasteiger partial charge on any atom is 0.186 e. The third-order valence-electron chi connectivity index (χ3n) is 2.19. The maximum atomic E-state index is 5.51. The van der Waals surface area contributed by atoms with Gasteiger partial charge in [-0.15, -0.1) is 6.42 Å². The third-order valence-corrected chi connectivity index (χ3v) is 2.48. The number of thiocarbonyl (C=S) groups is 1. The second-order valence-electron chi connectivity index (χ2n) is 3.58. The Morgan fingerprint density at radius 2 is 2.25 bits per heavy atom. The minimum Gasteiger partial charge on any atom is -0.490 e. The van der Waals surface area contributed by atoms with Gasteiger partial charge in [-0.3, -0.25) is 5.43 Å². The molecule has 0 unspecified atom stereocenters. The van der Waals surface area contributed by atoms with Gasteiger partial charge < -0.3 is 14.8 Å². The average Bonchev–Trinajstić information content (AvgIpc) is 2.46. The highest BCUT2D eigenvalue weighted by Crippen LogP contribution is 2.27. The molecule has 0 aliphatic carbocycles. The molecular formula is C14H17N3O2S. The van der Waals surface area contributed by atoms with E-state index in [1.54, 1.807) is 19.3 Å². The molecule has 0 amide bonds. The first kappa shape index (κ1) is 15.8. The van der Waals surface area contributed by atoms with Crippen LogP contribution in [-0.4, -0.2) is 31.6 Å². The van der Waals surface area contributed by atoms with Crippen molar-refractivity contribution in [2.24, 2.45) is 5.10 Å². The first-order valence-corrected chi connectivity index (χ1v) is 6.46. The Morgan fingerprint density at radius 1 is 1.45 bits per heavy atom. The van der Waals surface area contributed by atoms with E-state index in [1.807, 2.05) is 19.1 Å². The van der Waals surface area contributed by atoms with Gasteiger partial charge in [0.25, 0.3) is 0 Å². The monoisotopic (exact) mass is 291 g/mol. The average molecular weight is 291 g/mol. The Morgan fingerprint density at radius 3 is 2.90 bits per heavy atom. The van der Waals surface area contributed by atoms with Crippen molar-refractivity contribution in [2.45, 2.75) is 6.92 Å². The van der Waals surface area contributed by atoms with Crippen LogP contribution in [0.25, 0.3) is 0 Å². The van der Waals surface area contributed by atoms with Crippen molar-refractivity contribution in [3.8, 4) is 23.8 Å². The lowest BCUT2D eigenvalue weighted by atomic mass is 10.2. The molecule has 0 radical (unpaired) electrons. The molecule has 0 aromatic heterocycles. The highest BCUT2D eigenvalue weighted by atomic mass is 32.1. The van der Waals surface area contributed by atoms with E-state index < -0.39 is 0 Å². The first-order valence-electron chi connectivity index (χ1n) is 6.05. The van der Waals surface area contributed by atoms with E-state index >= 15 is 0 Å². The summed E-state index contributed by atoms with van der Waals surface area (Å²) in [6.45, 7) is 2.64. The summed E-state index contributed by atoms with van der Waals surface area (Å²) in [6.07, 6.45) is 6.81. The minimum absolute atomic E-state index is 0.200. The van der Waals surface area contributed by atoms with Gasteiger partial charge in [-0.1, -0.05) is 5.92 Å². The predicted molar refractivity (Wildman–Crippen MR) is 84.3 cm³/mol. The fraction of sp³-hybridized carbons (Fsp3) is 0.286. The highest BCUT2D eigenvalue weighted by molar-refractivity contribution is 7.80. The molecule has 106 valence electrons. The second-order valence-corrected chi connectivity index (χ2v) is 3.99. The third kappa shape index (κ3) is 5.16. The quantitative estimate of drug-likeness (QED) is 0.360. The van der Waals surface area contributed by atoms with Gasteiger partial charge in [0.05, 0.1) is 12.8 Å². The topological polar surface area (TPSA) is 54.9 Å². The Balaban J connectivity index is 2.81. The van der Waals surface area contributed by atoms with Crippen molar-refractivity contribution in [3.63, 3.8) is 0 Å². The van der Waals surface area contributed by atoms with E-state index in [1.165, 1.54) is 0 Å².